The van der Waals surface area contributed by atoms with Crippen molar-refractivity contribution in [1.29, 1.82) is 0 Å². The Labute approximate surface area is 178 Å². The van der Waals surface area contributed by atoms with Crippen LogP contribution in [0.4, 0.5) is 10.5 Å². The third-order valence-electron chi connectivity index (χ3n) is 5.32. The topological polar surface area (TPSA) is 111 Å². The molecule has 4 rings (SSSR count). The number of hydrogen-bond acceptors (Lipinski definition) is 4. The van der Waals surface area contributed by atoms with Crippen LogP contribution in [-0.4, -0.2) is 46.1 Å². The number of nitrogens with zero attached hydrogens (tertiary/aromatic N) is 1. The van der Waals surface area contributed by atoms with Crippen molar-refractivity contribution in [3.63, 3.8) is 0 Å². The third kappa shape index (κ3) is 4.18. The predicted molar refractivity (Wildman–Crippen MR) is 116 cm³/mol. The highest BCUT2D eigenvalue weighted by molar-refractivity contribution is 6.09. The van der Waals surface area contributed by atoms with Crippen molar-refractivity contribution in [3.05, 3.63) is 65.9 Å². The van der Waals surface area contributed by atoms with Gasteiger partial charge in [-0.05, 0) is 35.9 Å². The number of hydrogen-bond donors (Lipinski definition) is 3. The number of aromatic amines is 1. The predicted octanol–water partition coefficient (Wildman–Crippen LogP) is 2.86. The molecule has 8 heteroatoms. The van der Waals surface area contributed by atoms with E-state index in [-0.39, 0.29) is 18.2 Å². The summed E-state index contributed by atoms with van der Waals surface area (Å²) in [4.78, 5) is 53.3. The fourth-order valence-corrected chi connectivity index (χ4v) is 3.61. The van der Waals surface area contributed by atoms with Crippen molar-refractivity contribution < 1.29 is 19.2 Å². The van der Waals surface area contributed by atoms with Crippen LogP contribution in [0.15, 0.2) is 54.7 Å². The number of aromatic nitrogens is 1. The Balaban J connectivity index is 1.42. The number of fused-ring (bicyclic) bond motifs is 1. The number of H-pyrrole nitrogens is 1. The van der Waals surface area contributed by atoms with Crippen LogP contribution in [0.3, 0.4) is 0 Å². The van der Waals surface area contributed by atoms with Crippen LogP contribution in [0.5, 0.6) is 0 Å². The number of para-hydroxylation sites is 1. The van der Waals surface area contributed by atoms with Crippen LogP contribution in [0.25, 0.3) is 10.9 Å². The minimum atomic E-state index is -0.717. The fourth-order valence-electron chi connectivity index (χ4n) is 3.61. The van der Waals surface area contributed by atoms with Crippen LogP contribution in [0.1, 0.15) is 29.3 Å². The first kappa shape index (κ1) is 20.3. The summed E-state index contributed by atoms with van der Waals surface area (Å²) < 4.78 is 0. The molecule has 1 fully saturated rings. The second-order valence-corrected chi connectivity index (χ2v) is 7.39. The highest BCUT2D eigenvalue weighted by Gasteiger charge is 2.39. The summed E-state index contributed by atoms with van der Waals surface area (Å²) in [5.74, 6) is -0.903. The van der Waals surface area contributed by atoms with Gasteiger partial charge in [0, 0.05) is 41.2 Å². The van der Waals surface area contributed by atoms with Gasteiger partial charge in [-0.3, -0.25) is 19.3 Å². The lowest BCUT2D eigenvalue weighted by Gasteiger charge is -2.12. The van der Waals surface area contributed by atoms with E-state index in [2.05, 4.69) is 15.6 Å². The molecule has 8 nitrogen and oxygen atoms in total. The molecule has 0 radical (unpaired) electrons. The van der Waals surface area contributed by atoms with Gasteiger partial charge in [-0.2, -0.15) is 0 Å². The highest BCUT2D eigenvalue weighted by atomic mass is 16.2. The smallest absolute Gasteiger partial charge is 0.325 e. The fraction of sp³-hybridized carbons (Fsp3) is 0.217. The molecule has 158 valence electrons. The van der Waals surface area contributed by atoms with Gasteiger partial charge in [0.15, 0.2) is 5.78 Å². The second-order valence-electron chi connectivity index (χ2n) is 7.39. The van der Waals surface area contributed by atoms with Crippen LogP contribution in [0, 0.1) is 0 Å². The average Bonchev–Trinajstić information content (AvgIpc) is 3.30. The molecule has 1 aliphatic heterocycles. The minimum Gasteiger partial charge on any atom is -0.361 e. The molecule has 1 atom stereocenters. The standard InChI is InChI=1S/C23H22N4O4/c1-2-21(29)25-16-9-7-14(8-10-16)20(28)13-27-22(30)19(26-23(27)31)11-15-12-24-18-6-4-3-5-17(15)18/h3-10,12,19,24H,2,11,13H2,1H3,(H,25,29)(H,26,31). The van der Waals surface area contributed by atoms with Gasteiger partial charge in [0.25, 0.3) is 5.91 Å². The van der Waals surface area contributed by atoms with E-state index in [9.17, 15) is 19.2 Å². The van der Waals surface area contributed by atoms with E-state index in [4.69, 9.17) is 0 Å². The van der Waals surface area contributed by atoms with Crippen molar-refractivity contribution in [2.75, 3.05) is 11.9 Å². The van der Waals surface area contributed by atoms with E-state index in [1.807, 2.05) is 30.5 Å². The number of Topliss-reactive ketones (excluding diaryl/α,β-unsaturated/α-hetero) is 1. The van der Waals surface area contributed by atoms with Crippen LogP contribution in [-0.2, 0) is 16.0 Å². The van der Waals surface area contributed by atoms with Gasteiger partial charge in [-0.1, -0.05) is 25.1 Å². The maximum Gasteiger partial charge on any atom is 0.325 e. The minimum absolute atomic E-state index is 0.125. The third-order valence-corrected chi connectivity index (χ3v) is 5.32. The van der Waals surface area contributed by atoms with E-state index in [0.29, 0.717) is 24.1 Å². The lowest BCUT2D eigenvalue weighted by atomic mass is 10.0. The van der Waals surface area contributed by atoms with Crippen LogP contribution < -0.4 is 10.6 Å². The van der Waals surface area contributed by atoms with Crippen molar-refractivity contribution in [2.24, 2.45) is 0 Å². The van der Waals surface area contributed by atoms with Gasteiger partial charge in [0.05, 0.1) is 6.54 Å². The molecular formula is C23H22N4O4. The zero-order valence-corrected chi connectivity index (χ0v) is 17.0. The Bertz CT molecular complexity index is 1170. The zero-order chi connectivity index (χ0) is 22.0. The lowest BCUT2D eigenvalue weighted by Crippen LogP contribution is -2.36. The van der Waals surface area contributed by atoms with Gasteiger partial charge in [0.2, 0.25) is 5.91 Å². The average molecular weight is 418 g/mol. The number of carbonyl (C=O) groups is 4. The van der Waals surface area contributed by atoms with Crippen LogP contribution >= 0.6 is 0 Å². The maximum absolute atomic E-state index is 12.8. The largest absolute Gasteiger partial charge is 0.361 e. The molecule has 3 N–H and O–H groups in total. The lowest BCUT2D eigenvalue weighted by molar-refractivity contribution is -0.127. The molecule has 1 aromatic heterocycles. The molecule has 4 amide bonds. The SMILES string of the molecule is CCC(=O)Nc1ccc(C(=O)CN2C(=O)NC(Cc3c[nH]c4ccccc34)C2=O)cc1. The number of benzene rings is 2. The molecule has 0 aliphatic carbocycles. The summed E-state index contributed by atoms with van der Waals surface area (Å²) >= 11 is 0. The van der Waals surface area contributed by atoms with Crippen LogP contribution in [0.2, 0.25) is 0 Å². The van der Waals surface area contributed by atoms with Crippen molar-refractivity contribution in [1.82, 2.24) is 15.2 Å². The normalized spacial score (nSPS) is 15.9. The number of ketones is 1. The van der Waals surface area contributed by atoms with Gasteiger partial charge >= 0.3 is 6.03 Å². The molecule has 2 heterocycles. The summed E-state index contributed by atoms with van der Waals surface area (Å²) in [5.41, 5.74) is 2.82. The quantitative estimate of drug-likeness (QED) is 0.405. The molecular weight excluding hydrogens is 396 g/mol. The Hall–Kier alpha value is -3.94. The summed E-state index contributed by atoms with van der Waals surface area (Å²) in [6.07, 6.45) is 2.52. The molecule has 3 aromatic rings. The van der Waals surface area contributed by atoms with Crippen molar-refractivity contribution >= 4 is 40.2 Å². The number of amides is 4. The first-order chi connectivity index (χ1) is 15.0. The molecule has 2 aromatic carbocycles. The summed E-state index contributed by atoms with van der Waals surface area (Å²) in [6, 6.07) is 12.8. The van der Waals surface area contributed by atoms with Gasteiger partial charge in [-0.15, -0.1) is 0 Å². The highest BCUT2D eigenvalue weighted by Crippen LogP contribution is 2.21. The molecule has 1 saturated heterocycles. The second kappa shape index (κ2) is 8.43. The van der Waals surface area contributed by atoms with Gasteiger partial charge in [0.1, 0.15) is 6.04 Å². The number of imide groups is 1. The summed E-state index contributed by atoms with van der Waals surface area (Å²) in [5, 5.41) is 6.37. The summed E-state index contributed by atoms with van der Waals surface area (Å²) in [7, 11) is 0. The van der Waals surface area contributed by atoms with Crippen molar-refractivity contribution in [2.45, 2.75) is 25.8 Å². The van der Waals surface area contributed by atoms with Gasteiger partial charge < -0.3 is 15.6 Å². The maximum atomic E-state index is 12.8. The van der Waals surface area contributed by atoms with E-state index in [0.717, 1.165) is 21.4 Å². The number of nitrogens with one attached hydrogen (secondary N) is 3. The molecule has 1 unspecified atom stereocenters. The molecule has 31 heavy (non-hydrogen) atoms. The Morgan fingerprint density at radius 2 is 1.81 bits per heavy atom. The molecule has 0 spiro atoms. The Kier molecular flexibility index (Phi) is 5.53. The first-order valence-electron chi connectivity index (χ1n) is 10.1. The van der Waals surface area contributed by atoms with E-state index in [1.54, 1.807) is 31.2 Å². The number of rotatable bonds is 7. The first-order valence-corrected chi connectivity index (χ1v) is 10.1. The molecule has 1 aliphatic rings. The van der Waals surface area contributed by atoms with Crippen molar-refractivity contribution in [3.8, 4) is 0 Å². The molecule has 0 bridgehead atoms. The van der Waals surface area contributed by atoms with E-state index in [1.165, 1.54) is 0 Å². The number of carbonyl (C=O) groups excluding carboxylic acids is 4. The van der Waals surface area contributed by atoms with Gasteiger partial charge in [-0.25, -0.2) is 4.79 Å². The number of urea groups is 1. The van der Waals surface area contributed by atoms with E-state index < -0.39 is 18.0 Å². The zero-order valence-electron chi connectivity index (χ0n) is 17.0. The summed E-state index contributed by atoms with van der Waals surface area (Å²) in [6.45, 7) is 1.41. The Morgan fingerprint density at radius 3 is 2.55 bits per heavy atom. The number of anilines is 1. The van der Waals surface area contributed by atoms with E-state index >= 15 is 0 Å². The Morgan fingerprint density at radius 1 is 1.06 bits per heavy atom. The molecule has 0 saturated carbocycles. The monoisotopic (exact) mass is 418 g/mol.